The van der Waals surface area contributed by atoms with Gasteiger partial charge < -0.3 is 4.74 Å². The monoisotopic (exact) mass is 394 g/mol. The molecular weight excluding hydrogens is 380 g/mol. The van der Waals surface area contributed by atoms with Crippen LogP contribution in [-0.4, -0.2) is 31.7 Å². The number of hydrogen-bond donors (Lipinski definition) is 0. The van der Waals surface area contributed by atoms with Gasteiger partial charge in [0.05, 0.1) is 11.1 Å². The molecule has 1 unspecified atom stereocenters. The highest BCUT2D eigenvalue weighted by atomic mass is 32.2. The maximum Gasteiger partial charge on any atom is 0.345 e. The first-order valence-electron chi connectivity index (χ1n) is 8.71. The van der Waals surface area contributed by atoms with Crippen LogP contribution in [0, 0.1) is 0 Å². The number of ether oxygens (including phenoxy) is 1. The third kappa shape index (κ3) is 2.36. The molecule has 28 heavy (non-hydrogen) atoms. The molecule has 2 aliphatic rings. The van der Waals surface area contributed by atoms with Gasteiger partial charge in [0.2, 0.25) is 5.91 Å². The molecule has 0 aliphatic carbocycles. The molecule has 3 aromatic rings. The first-order valence-corrected chi connectivity index (χ1v) is 9.53. The normalized spacial score (nSPS) is 20.3. The van der Waals surface area contributed by atoms with Gasteiger partial charge in [-0.1, -0.05) is 41.2 Å². The topological polar surface area (TPSA) is 94.4 Å². The van der Waals surface area contributed by atoms with Crippen molar-refractivity contribution in [3.05, 3.63) is 58.9 Å². The molecule has 1 saturated heterocycles. The first kappa shape index (κ1) is 16.9. The number of nitrogens with zero attached hydrogens (tertiary/aromatic N) is 4. The van der Waals surface area contributed by atoms with Crippen LogP contribution < -0.4 is 10.5 Å². The van der Waals surface area contributed by atoms with Crippen molar-refractivity contribution in [3.8, 4) is 0 Å². The molecule has 8 nitrogen and oxygen atoms in total. The first-order chi connectivity index (χ1) is 13.6. The summed E-state index contributed by atoms with van der Waals surface area (Å²) in [5.74, 6) is -0.682. The van der Waals surface area contributed by atoms with E-state index in [1.165, 1.54) is 16.7 Å². The van der Waals surface area contributed by atoms with Gasteiger partial charge in [-0.3, -0.25) is 14.5 Å². The Labute approximate surface area is 163 Å². The van der Waals surface area contributed by atoms with E-state index in [1.807, 2.05) is 24.3 Å². The van der Waals surface area contributed by atoms with Gasteiger partial charge in [0.25, 0.3) is 5.56 Å². The van der Waals surface area contributed by atoms with Gasteiger partial charge in [-0.2, -0.15) is 4.68 Å². The molecule has 140 valence electrons. The highest BCUT2D eigenvalue weighted by Crippen LogP contribution is 2.56. The maximum atomic E-state index is 13.0. The van der Waals surface area contributed by atoms with Crippen molar-refractivity contribution < 1.29 is 14.3 Å². The summed E-state index contributed by atoms with van der Waals surface area (Å²) in [7, 11) is 0. The molecule has 1 fully saturated rings. The molecule has 1 aromatic heterocycles. The van der Waals surface area contributed by atoms with E-state index in [0.717, 1.165) is 15.3 Å². The second-order valence-electron chi connectivity index (χ2n) is 6.56. The molecule has 0 bridgehead atoms. The van der Waals surface area contributed by atoms with Crippen LogP contribution in [0.1, 0.15) is 12.8 Å². The number of aromatic nitrogens is 3. The van der Waals surface area contributed by atoms with E-state index < -0.39 is 16.4 Å². The van der Waals surface area contributed by atoms with Crippen molar-refractivity contribution in [2.24, 2.45) is 0 Å². The lowest BCUT2D eigenvalue weighted by Crippen LogP contribution is -2.48. The van der Waals surface area contributed by atoms with E-state index in [2.05, 4.69) is 10.3 Å². The Bertz CT molecular complexity index is 1190. The Hall–Kier alpha value is -3.20. The fourth-order valence-electron chi connectivity index (χ4n) is 3.61. The predicted octanol–water partition coefficient (Wildman–Crippen LogP) is 1.92. The Morgan fingerprint density at radius 1 is 1.14 bits per heavy atom. The van der Waals surface area contributed by atoms with Crippen LogP contribution >= 0.6 is 11.8 Å². The Kier molecular flexibility index (Phi) is 3.73. The van der Waals surface area contributed by atoms with Crippen LogP contribution in [0.3, 0.4) is 0 Å². The summed E-state index contributed by atoms with van der Waals surface area (Å²) in [6.07, 6.45) is 0.620. The number of amides is 1. The van der Waals surface area contributed by atoms with Crippen LogP contribution in [0.15, 0.2) is 58.2 Å². The van der Waals surface area contributed by atoms with Crippen LogP contribution in [0.4, 0.5) is 5.69 Å². The quantitative estimate of drug-likeness (QED) is 0.627. The number of rotatable bonds is 3. The summed E-state index contributed by atoms with van der Waals surface area (Å²) >= 11 is 1.32. The van der Waals surface area contributed by atoms with Crippen LogP contribution in [0.5, 0.6) is 0 Å². The summed E-state index contributed by atoms with van der Waals surface area (Å²) in [5.41, 5.74) is 0.801. The number of hydrogen-bond acceptors (Lipinski definition) is 7. The standard InChI is InChI=1S/C19H14N4O4S/c24-16-9-10-19(23(16)14-7-3-4-8-15(14)28-19)18(26)27-11-22-17(25)12-5-1-2-6-13(12)20-21-22/h1-8H,9-11H2. The van der Waals surface area contributed by atoms with E-state index in [4.69, 9.17) is 4.74 Å². The molecule has 3 heterocycles. The van der Waals surface area contributed by atoms with E-state index in [-0.39, 0.29) is 19.1 Å². The Morgan fingerprint density at radius 2 is 1.93 bits per heavy atom. The predicted molar refractivity (Wildman–Crippen MR) is 102 cm³/mol. The van der Waals surface area contributed by atoms with Crippen molar-refractivity contribution >= 4 is 40.2 Å². The van der Waals surface area contributed by atoms with Gasteiger partial charge in [-0.05, 0) is 24.3 Å². The average molecular weight is 394 g/mol. The zero-order valence-corrected chi connectivity index (χ0v) is 15.4. The molecule has 1 atom stereocenters. The van der Waals surface area contributed by atoms with E-state index in [9.17, 15) is 14.4 Å². The van der Waals surface area contributed by atoms with Gasteiger partial charge in [-0.25, -0.2) is 4.79 Å². The second kappa shape index (κ2) is 6.16. The second-order valence-corrected chi connectivity index (χ2v) is 7.87. The molecule has 9 heteroatoms. The molecule has 2 aliphatic heterocycles. The molecule has 0 radical (unpaired) electrons. The third-order valence-corrected chi connectivity index (χ3v) is 6.40. The minimum Gasteiger partial charge on any atom is -0.440 e. The zero-order chi connectivity index (χ0) is 19.3. The van der Waals surface area contributed by atoms with Crippen LogP contribution in [-0.2, 0) is 21.1 Å². The van der Waals surface area contributed by atoms with Crippen LogP contribution in [0.25, 0.3) is 10.9 Å². The lowest BCUT2D eigenvalue weighted by atomic mass is 10.2. The number of anilines is 1. The number of fused-ring (bicyclic) bond motifs is 4. The fraction of sp³-hybridized carbons (Fsp3) is 0.211. The lowest BCUT2D eigenvalue weighted by molar-refractivity contribution is -0.151. The van der Waals surface area contributed by atoms with Crippen molar-refractivity contribution in [2.45, 2.75) is 29.3 Å². The molecule has 2 aromatic carbocycles. The Balaban J connectivity index is 1.43. The highest BCUT2D eigenvalue weighted by Gasteiger charge is 2.58. The summed E-state index contributed by atoms with van der Waals surface area (Å²) in [4.78, 5) is 39.2. The number of para-hydroxylation sites is 1. The third-order valence-electron chi connectivity index (χ3n) is 4.94. The van der Waals surface area contributed by atoms with E-state index >= 15 is 0 Å². The summed E-state index contributed by atoms with van der Waals surface area (Å²) in [5, 5.41) is 8.21. The molecule has 0 saturated carbocycles. The summed E-state index contributed by atoms with van der Waals surface area (Å²) in [6.45, 7) is -0.365. The van der Waals surface area contributed by atoms with Gasteiger partial charge in [0.15, 0.2) is 11.6 Å². The van der Waals surface area contributed by atoms with Gasteiger partial charge in [0.1, 0.15) is 5.52 Å². The van der Waals surface area contributed by atoms with Gasteiger partial charge in [-0.15, -0.1) is 5.10 Å². The summed E-state index contributed by atoms with van der Waals surface area (Å²) in [6, 6.07) is 14.2. The maximum absolute atomic E-state index is 13.0. The van der Waals surface area contributed by atoms with Gasteiger partial charge >= 0.3 is 5.97 Å². The smallest absolute Gasteiger partial charge is 0.345 e. The lowest BCUT2D eigenvalue weighted by Gasteiger charge is -2.28. The average Bonchev–Trinajstić information content (AvgIpc) is 3.23. The molecular formula is C19H14N4O4S. The van der Waals surface area contributed by atoms with E-state index in [1.54, 1.807) is 24.3 Å². The van der Waals surface area contributed by atoms with Gasteiger partial charge in [0, 0.05) is 17.7 Å². The number of thioether (sulfide) groups is 1. The van der Waals surface area contributed by atoms with Crippen molar-refractivity contribution in [3.63, 3.8) is 0 Å². The molecule has 0 N–H and O–H groups in total. The Morgan fingerprint density at radius 3 is 2.82 bits per heavy atom. The highest BCUT2D eigenvalue weighted by molar-refractivity contribution is 8.02. The summed E-state index contributed by atoms with van der Waals surface area (Å²) < 4.78 is 6.44. The number of carbonyl (C=O) groups excluding carboxylic acids is 2. The minimum absolute atomic E-state index is 0.114. The number of carbonyl (C=O) groups is 2. The van der Waals surface area contributed by atoms with E-state index in [0.29, 0.717) is 17.3 Å². The zero-order valence-electron chi connectivity index (χ0n) is 14.6. The number of esters is 1. The SMILES string of the molecule is O=C1CCC2(C(=O)OCn3nnc4ccccc4c3=O)Sc3ccccc3N12. The number of benzene rings is 2. The molecule has 0 spiro atoms. The largest absolute Gasteiger partial charge is 0.440 e. The van der Waals surface area contributed by atoms with Crippen LogP contribution in [0.2, 0.25) is 0 Å². The van der Waals surface area contributed by atoms with Crippen molar-refractivity contribution in [2.75, 3.05) is 4.90 Å². The van der Waals surface area contributed by atoms with Crippen molar-refractivity contribution in [1.82, 2.24) is 15.0 Å². The van der Waals surface area contributed by atoms with Crippen molar-refractivity contribution in [1.29, 1.82) is 0 Å². The minimum atomic E-state index is -1.13. The molecule has 5 rings (SSSR count). The molecule has 1 amide bonds. The fourth-order valence-corrected chi connectivity index (χ4v) is 5.02.